The predicted octanol–water partition coefficient (Wildman–Crippen LogP) is 2.06. The minimum Gasteiger partial charge on any atom is -0.356 e. The largest absolute Gasteiger partial charge is 0.356 e. The van der Waals surface area contributed by atoms with Gasteiger partial charge in [-0.15, -0.1) is 11.3 Å². The maximum Gasteiger partial charge on any atom is 0.223 e. The number of fused-ring (bicyclic) bond motifs is 1. The summed E-state index contributed by atoms with van der Waals surface area (Å²) in [5.74, 6) is 0.398. The Kier molecular flexibility index (Phi) is 6.62. The van der Waals surface area contributed by atoms with Crippen LogP contribution < -0.4 is 10.2 Å². The summed E-state index contributed by atoms with van der Waals surface area (Å²) in [6.07, 6.45) is 7.46. The highest BCUT2D eigenvalue weighted by molar-refractivity contribution is 7.15. The quantitative estimate of drug-likeness (QED) is 0.764. The van der Waals surface area contributed by atoms with Crippen molar-refractivity contribution in [2.24, 2.45) is 5.92 Å². The van der Waals surface area contributed by atoms with Gasteiger partial charge < -0.3 is 15.1 Å². The molecule has 1 saturated heterocycles. The van der Waals surface area contributed by atoms with Gasteiger partial charge in [-0.2, -0.15) is 0 Å². The number of thiazole rings is 1. The molecule has 1 aliphatic heterocycles. The minimum atomic E-state index is 0.0266. The standard InChI is InChI=1S/C22H29N5O2S/c1-2-20(28)26-10-12-27(13-11-26)22-25-18-6-5-17(14-19(18)30-22)21(29)24-9-7-16-4-3-8-23-15-16/h3-4,8,15,17H,2,5-7,9-14H2,1H3,(H,24,29)/t17-/m0/s1. The van der Waals surface area contributed by atoms with E-state index in [1.165, 1.54) is 4.88 Å². The van der Waals surface area contributed by atoms with E-state index in [0.29, 0.717) is 13.0 Å². The molecule has 2 aliphatic rings. The Hall–Kier alpha value is -2.48. The van der Waals surface area contributed by atoms with Gasteiger partial charge >= 0.3 is 0 Å². The zero-order valence-electron chi connectivity index (χ0n) is 17.5. The van der Waals surface area contributed by atoms with E-state index < -0.39 is 0 Å². The van der Waals surface area contributed by atoms with Crippen LogP contribution in [-0.4, -0.2) is 59.4 Å². The summed E-state index contributed by atoms with van der Waals surface area (Å²) < 4.78 is 0. The van der Waals surface area contributed by atoms with Crippen LogP contribution in [0.25, 0.3) is 0 Å². The fourth-order valence-corrected chi connectivity index (χ4v) is 5.35. The van der Waals surface area contributed by atoms with Gasteiger partial charge in [-0.25, -0.2) is 4.98 Å². The third kappa shape index (κ3) is 4.80. The van der Waals surface area contributed by atoms with E-state index in [0.717, 1.165) is 68.3 Å². The van der Waals surface area contributed by atoms with E-state index >= 15 is 0 Å². The lowest BCUT2D eigenvalue weighted by molar-refractivity contribution is -0.131. The average Bonchev–Trinajstić information content (AvgIpc) is 3.22. The molecule has 2 aromatic rings. The highest BCUT2D eigenvalue weighted by atomic mass is 32.1. The van der Waals surface area contributed by atoms with Crippen molar-refractivity contribution in [1.29, 1.82) is 0 Å². The number of piperazine rings is 1. The topological polar surface area (TPSA) is 78.4 Å². The highest BCUT2D eigenvalue weighted by Gasteiger charge is 2.29. The van der Waals surface area contributed by atoms with Crippen molar-refractivity contribution in [3.63, 3.8) is 0 Å². The van der Waals surface area contributed by atoms with Gasteiger partial charge in [0.1, 0.15) is 0 Å². The molecule has 30 heavy (non-hydrogen) atoms. The van der Waals surface area contributed by atoms with Crippen LogP contribution in [0.2, 0.25) is 0 Å². The first-order valence-electron chi connectivity index (χ1n) is 10.8. The van der Waals surface area contributed by atoms with Crippen LogP contribution in [0.5, 0.6) is 0 Å². The number of nitrogens with one attached hydrogen (secondary N) is 1. The second-order valence-electron chi connectivity index (χ2n) is 7.93. The summed E-state index contributed by atoms with van der Waals surface area (Å²) in [6.45, 7) is 5.74. The second-order valence-corrected chi connectivity index (χ2v) is 8.99. The van der Waals surface area contributed by atoms with E-state index in [9.17, 15) is 9.59 Å². The fourth-order valence-electron chi connectivity index (χ4n) is 4.11. The monoisotopic (exact) mass is 427 g/mol. The molecule has 2 amide bonds. The Balaban J connectivity index is 1.29. The highest BCUT2D eigenvalue weighted by Crippen LogP contribution is 2.34. The third-order valence-corrected chi connectivity index (χ3v) is 7.12. The number of pyridine rings is 1. The molecule has 160 valence electrons. The fraction of sp³-hybridized carbons (Fsp3) is 0.545. The molecule has 2 aromatic heterocycles. The molecule has 0 radical (unpaired) electrons. The molecular weight excluding hydrogens is 398 g/mol. The van der Waals surface area contributed by atoms with E-state index in [1.54, 1.807) is 17.5 Å². The Morgan fingerprint density at radius 1 is 1.27 bits per heavy atom. The second kappa shape index (κ2) is 9.55. The van der Waals surface area contributed by atoms with E-state index in [-0.39, 0.29) is 17.7 Å². The number of rotatable bonds is 6. The lowest BCUT2D eigenvalue weighted by Crippen LogP contribution is -2.48. The van der Waals surface area contributed by atoms with Gasteiger partial charge in [0.25, 0.3) is 0 Å². The number of aromatic nitrogens is 2. The van der Waals surface area contributed by atoms with Crippen molar-refractivity contribution < 1.29 is 9.59 Å². The van der Waals surface area contributed by atoms with Crippen LogP contribution in [-0.2, 0) is 28.9 Å². The van der Waals surface area contributed by atoms with Gasteiger partial charge in [0.05, 0.1) is 5.69 Å². The zero-order valence-corrected chi connectivity index (χ0v) is 18.3. The SMILES string of the molecule is CCC(=O)N1CCN(c2nc3c(s2)C[C@@H](C(=O)NCCc2cccnc2)CC3)CC1. The number of hydrogen-bond acceptors (Lipinski definition) is 6. The first-order valence-corrected chi connectivity index (χ1v) is 11.6. The maximum absolute atomic E-state index is 12.6. The van der Waals surface area contributed by atoms with Crippen LogP contribution in [0.1, 0.15) is 35.9 Å². The van der Waals surface area contributed by atoms with Gasteiger partial charge in [0.2, 0.25) is 11.8 Å². The normalized spacial score (nSPS) is 18.8. The molecule has 1 fully saturated rings. The first-order chi connectivity index (χ1) is 14.6. The van der Waals surface area contributed by atoms with Crippen molar-refractivity contribution in [2.75, 3.05) is 37.6 Å². The van der Waals surface area contributed by atoms with E-state index in [4.69, 9.17) is 4.98 Å². The van der Waals surface area contributed by atoms with Gasteiger partial charge in [-0.1, -0.05) is 13.0 Å². The summed E-state index contributed by atoms with van der Waals surface area (Å²) in [4.78, 5) is 39.0. The Bertz CT molecular complexity index is 877. The van der Waals surface area contributed by atoms with Crippen molar-refractivity contribution in [1.82, 2.24) is 20.2 Å². The van der Waals surface area contributed by atoms with E-state index in [2.05, 4.69) is 15.2 Å². The summed E-state index contributed by atoms with van der Waals surface area (Å²) in [5.41, 5.74) is 2.29. The number of carbonyl (C=O) groups excluding carboxylic acids is 2. The number of aryl methyl sites for hydroxylation is 1. The first kappa shape index (κ1) is 20.8. The molecule has 1 N–H and O–H groups in total. The van der Waals surface area contributed by atoms with Crippen LogP contribution in [0.4, 0.5) is 5.13 Å². The van der Waals surface area contributed by atoms with E-state index in [1.807, 2.05) is 30.2 Å². The maximum atomic E-state index is 12.6. The summed E-state index contributed by atoms with van der Waals surface area (Å²) in [5, 5.41) is 4.14. The Labute approximate surface area is 181 Å². The molecule has 3 heterocycles. The molecule has 0 unspecified atom stereocenters. The van der Waals surface area contributed by atoms with Crippen LogP contribution >= 0.6 is 11.3 Å². The minimum absolute atomic E-state index is 0.0266. The number of anilines is 1. The summed E-state index contributed by atoms with van der Waals surface area (Å²) >= 11 is 1.72. The number of hydrogen-bond donors (Lipinski definition) is 1. The zero-order chi connectivity index (χ0) is 20.9. The Morgan fingerprint density at radius 3 is 2.83 bits per heavy atom. The van der Waals surface area contributed by atoms with Crippen molar-refractivity contribution in [3.8, 4) is 0 Å². The van der Waals surface area contributed by atoms with Crippen LogP contribution in [0, 0.1) is 5.92 Å². The molecule has 1 aliphatic carbocycles. The number of nitrogens with zero attached hydrogens (tertiary/aromatic N) is 4. The Morgan fingerprint density at radius 2 is 2.10 bits per heavy atom. The molecule has 4 rings (SSSR count). The molecule has 0 bridgehead atoms. The van der Waals surface area contributed by atoms with Crippen molar-refractivity contribution in [3.05, 3.63) is 40.7 Å². The van der Waals surface area contributed by atoms with Crippen molar-refractivity contribution >= 4 is 28.3 Å². The molecule has 8 heteroatoms. The molecule has 1 atom stereocenters. The van der Waals surface area contributed by atoms with Gasteiger partial charge in [0.15, 0.2) is 5.13 Å². The predicted molar refractivity (Wildman–Crippen MR) is 118 cm³/mol. The molecular formula is C22H29N5O2S. The van der Waals surface area contributed by atoms with Gasteiger partial charge in [0, 0.05) is 62.3 Å². The lowest BCUT2D eigenvalue weighted by Gasteiger charge is -2.34. The average molecular weight is 428 g/mol. The van der Waals surface area contributed by atoms with Crippen LogP contribution in [0.15, 0.2) is 24.5 Å². The lowest BCUT2D eigenvalue weighted by atomic mass is 9.90. The molecule has 7 nitrogen and oxygen atoms in total. The summed E-state index contributed by atoms with van der Waals surface area (Å²) in [6, 6.07) is 3.95. The molecule has 0 aromatic carbocycles. The molecule has 0 spiro atoms. The van der Waals surface area contributed by atoms with Crippen LogP contribution in [0.3, 0.4) is 0 Å². The van der Waals surface area contributed by atoms with Gasteiger partial charge in [-0.05, 0) is 37.3 Å². The number of amides is 2. The molecule has 0 saturated carbocycles. The van der Waals surface area contributed by atoms with Gasteiger partial charge in [-0.3, -0.25) is 14.6 Å². The smallest absolute Gasteiger partial charge is 0.223 e. The van der Waals surface area contributed by atoms with Crippen molar-refractivity contribution in [2.45, 2.75) is 39.0 Å². The number of carbonyl (C=O) groups is 2. The third-order valence-electron chi connectivity index (χ3n) is 5.94. The summed E-state index contributed by atoms with van der Waals surface area (Å²) in [7, 11) is 0.